The van der Waals surface area contributed by atoms with Crippen molar-refractivity contribution < 1.29 is 24.2 Å². The van der Waals surface area contributed by atoms with Crippen LogP contribution < -0.4 is 5.32 Å². The van der Waals surface area contributed by atoms with Crippen molar-refractivity contribution in [2.45, 2.75) is 44.9 Å². The third-order valence-electron chi connectivity index (χ3n) is 1.89. The molecule has 6 heteroatoms. The fourth-order valence-electron chi connectivity index (χ4n) is 1.14. The molecule has 16 heavy (non-hydrogen) atoms. The lowest BCUT2D eigenvalue weighted by Crippen LogP contribution is -2.44. The molecule has 0 saturated carbocycles. The van der Waals surface area contributed by atoms with Crippen LogP contribution in [0, 0.1) is 0 Å². The summed E-state index contributed by atoms with van der Waals surface area (Å²) >= 11 is 0. The molecule has 0 aromatic carbocycles. The predicted octanol–water partition coefficient (Wildman–Crippen LogP) is 0.753. The molecule has 2 N–H and O–H groups in total. The zero-order valence-electron chi connectivity index (χ0n) is 9.65. The molecule has 0 bridgehead atoms. The van der Waals surface area contributed by atoms with E-state index in [0.717, 1.165) is 0 Å². The maximum Gasteiger partial charge on any atom is 0.408 e. The quantitative estimate of drug-likeness (QED) is 0.697. The maximum atomic E-state index is 11.3. The minimum atomic E-state index is -1.08. The summed E-state index contributed by atoms with van der Waals surface area (Å²) in [4.78, 5) is 22.2. The summed E-state index contributed by atoms with van der Waals surface area (Å²) in [7, 11) is 0. The predicted molar refractivity (Wildman–Crippen MR) is 55.2 cm³/mol. The van der Waals surface area contributed by atoms with E-state index >= 15 is 0 Å². The summed E-state index contributed by atoms with van der Waals surface area (Å²) in [5.74, 6) is -1.08. The molecule has 0 aliphatic carbocycles. The van der Waals surface area contributed by atoms with Crippen LogP contribution in [0.1, 0.15) is 27.2 Å². The molecule has 0 radical (unpaired) electrons. The first kappa shape index (κ1) is 12.8. The van der Waals surface area contributed by atoms with Gasteiger partial charge in [-0.15, -0.1) is 0 Å². The fraction of sp³-hybridized carbons (Fsp3) is 0.800. The molecule has 2 atom stereocenters. The number of hydrogen-bond acceptors (Lipinski definition) is 4. The monoisotopic (exact) mass is 231 g/mol. The molecular weight excluding hydrogens is 214 g/mol. The lowest BCUT2D eigenvalue weighted by Gasteiger charge is -2.21. The number of carbonyl (C=O) groups excluding carboxylic acids is 1. The van der Waals surface area contributed by atoms with Crippen molar-refractivity contribution >= 4 is 12.1 Å². The van der Waals surface area contributed by atoms with Crippen LogP contribution in [-0.2, 0) is 14.3 Å². The van der Waals surface area contributed by atoms with E-state index in [1.54, 1.807) is 20.8 Å². The Bertz CT molecular complexity index is 279. The maximum absolute atomic E-state index is 11.3. The first-order chi connectivity index (χ1) is 7.28. The van der Waals surface area contributed by atoms with E-state index in [2.05, 4.69) is 5.32 Å². The normalized spacial score (nSPS) is 21.1. The van der Waals surface area contributed by atoms with Crippen molar-refractivity contribution in [3.05, 3.63) is 0 Å². The van der Waals surface area contributed by atoms with E-state index in [1.165, 1.54) is 0 Å². The van der Waals surface area contributed by atoms with E-state index in [0.29, 0.717) is 6.61 Å². The van der Waals surface area contributed by atoms with Gasteiger partial charge in [-0.25, -0.2) is 9.59 Å². The molecule has 92 valence electrons. The molecule has 0 spiro atoms. The van der Waals surface area contributed by atoms with Crippen LogP contribution in [0.25, 0.3) is 0 Å². The van der Waals surface area contributed by atoms with Crippen LogP contribution in [0.4, 0.5) is 4.79 Å². The SMILES string of the molecule is CC(C)(C)OC(=O)N[C@@H](CC1CO1)C(=O)O. The Balaban J connectivity index is 2.41. The van der Waals surface area contributed by atoms with Crippen LogP contribution >= 0.6 is 0 Å². The minimum absolute atomic E-state index is 0.0592. The Morgan fingerprint density at radius 3 is 2.50 bits per heavy atom. The Kier molecular flexibility index (Phi) is 3.74. The van der Waals surface area contributed by atoms with Gasteiger partial charge in [0.25, 0.3) is 0 Å². The van der Waals surface area contributed by atoms with E-state index in [9.17, 15) is 9.59 Å². The molecule has 1 aliphatic rings. The smallest absolute Gasteiger partial charge is 0.408 e. The van der Waals surface area contributed by atoms with Crippen molar-refractivity contribution in [2.75, 3.05) is 6.61 Å². The second kappa shape index (κ2) is 4.69. The topological polar surface area (TPSA) is 88.2 Å². The van der Waals surface area contributed by atoms with E-state index < -0.39 is 23.7 Å². The standard InChI is InChI=1S/C10H17NO5/c1-10(2,3)16-9(14)11-7(8(12)13)4-6-5-15-6/h6-7H,4-5H2,1-3H3,(H,11,14)(H,12,13)/t6?,7-/m0/s1. The minimum Gasteiger partial charge on any atom is -0.480 e. The number of carbonyl (C=O) groups is 2. The fourth-order valence-corrected chi connectivity index (χ4v) is 1.14. The Labute approximate surface area is 93.9 Å². The zero-order valence-corrected chi connectivity index (χ0v) is 9.65. The van der Waals surface area contributed by atoms with Gasteiger partial charge in [-0.05, 0) is 20.8 Å². The lowest BCUT2D eigenvalue weighted by atomic mass is 10.1. The van der Waals surface area contributed by atoms with Gasteiger partial charge >= 0.3 is 12.1 Å². The number of hydrogen-bond donors (Lipinski definition) is 2. The number of amides is 1. The van der Waals surface area contributed by atoms with Crippen molar-refractivity contribution in [2.24, 2.45) is 0 Å². The number of epoxide rings is 1. The average molecular weight is 231 g/mol. The van der Waals surface area contributed by atoms with Crippen molar-refractivity contribution in [3.63, 3.8) is 0 Å². The molecule has 0 aromatic rings. The average Bonchev–Trinajstić information content (AvgIpc) is 2.82. The first-order valence-corrected chi connectivity index (χ1v) is 5.12. The number of aliphatic carboxylic acids is 1. The Hall–Kier alpha value is -1.30. The van der Waals surface area contributed by atoms with Gasteiger partial charge in [0.1, 0.15) is 11.6 Å². The summed E-state index contributed by atoms with van der Waals surface area (Å²) in [6.45, 7) is 5.70. The molecule has 1 unspecified atom stereocenters. The molecule has 6 nitrogen and oxygen atoms in total. The number of alkyl carbamates (subject to hydrolysis) is 1. The van der Waals surface area contributed by atoms with Gasteiger partial charge < -0.3 is 19.9 Å². The van der Waals surface area contributed by atoms with Crippen LogP contribution in [0.15, 0.2) is 0 Å². The highest BCUT2D eigenvalue weighted by Crippen LogP contribution is 2.16. The van der Waals surface area contributed by atoms with Gasteiger partial charge in [0, 0.05) is 6.42 Å². The highest BCUT2D eigenvalue weighted by atomic mass is 16.6. The van der Waals surface area contributed by atoms with E-state index in [4.69, 9.17) is 14.6 Å². The van der Waals surface area contributed by atoms with Crippen LogP contribution in [0.5, 0.6) is 0 Å². The van der Waals surface area contributed by atoms with Gasteiger partial charge in [0.05, 0.1) is 12.7 Å². The van der Waals surface area contributed by atoms with Crippen molar-refractivity contribution in [3.8, 4) is 0 Å². The van der Waals surface area contributed by atoms with Crippen molar-refractivity contribution in [1.29, 1.82) is 0 Å². The zero-order chi connectivity index (χ0) is 12.3. The molecule has 1 rings (SSSR count). The third-order valence-corrected chi connectivity index (χ3v) is 1.89. The lowest BCUT2D eigenvalue weighted by molar-refractivity contribution is -0.139. The van der Waals surface area contributed by atoms with Gasteiger partial charge in [-0.2, -0.15) is 0 Å². The highest BCUT2D eigenvalue weighted by molar-refractivity contribution is 5.80. The van der Waals surface area contributed by atoms with Gasteiger partial charge in [-0.1, -0.05) is 0 Å². The summed E-state index contributed by atoms with van der Waals surface area (Å²) in [5, 5.41) is 11.2. The number of ether oxygens (including phenoxy) is 2. The summed E-state index contributed by atoms with van der Waals surface area (Å²) in [6.07, 6.45) is -0.509. The van der Waals surface area contributed by atoms with E-state index in [-0.39, 0.29) is 12.5 Å². The van der Waals surface area contributed by atoms with Crippen LogP contribution in [0.2, 0.25) is 0 Å². The Morgan fingerprint density at radius 1 is 1.56 bits per heavy atom. The van der Waals surface area contributed by atoms with Gasteiger partial charge in [0.15, 0.2) is 0 Å². The number of carboxylic acid groups (broad SMARTS) is 1. The number of carboxylic acids is 1. The molecule has 1 fully saturated rings. The highest BCUT2D eigenvalue weighted by Gasteiger charge is 2.32. The van der Waals surface area contributed by atoms with Crippen LogP contribution in [0.3, 0.4) is 0 Å². The third kappa shape index (κ3) is 4.97. The summed E-state index contributed by atoms with van der Waals surface area (Å²) in [6, 6.07) is -0.956. The molecule has 1 saturated heterocycles. The largest absolute Gasteiger partial charge is 0.480 e. The Morgan fingerprint density at radius 2 is 2.12 bits per heavy atom. The summed E-state index contributed by atoms with van der Waals surface area (Å²) in [5.41, 5.74) is -0.636. The number of rotatable bonds is 4. The second-order valence-corrected chi connectivity index (χ2v) is 4.73. The number of nitrogens with one attached hydrogen (secondary N) is 1. The molecule has 1 amide bonds. The van der Waals surface area contributed by atoms with E-state index in [1.807, 2.05) is 0 Å². The van der Waals surface area contributed by atoms with Crippen LogP contribution in [-0.4, -0.2) is 41.5 Å². The molecule has 0 aromatic heterocycles. The molecular formula is C10H17NO5. The van der Waals surface area contributed by atoms with Crippen molar-refractivity contribution in [1.82, 2.24) is 5.32 Å². The molecule has 1 heterocycles. The molecule has 1 aliphatic heterocycles. The second-order valence-electron chi connectivity index (χ2n) is 4.73. The van der Waals surface area contributed by atoms with Gasteiger partial charge in [0.2, 0.25) is 0 Å². The summed E-state index contributed by atoms with van der Waals surface area (Å²) < 4.78 is 9.88. The first-order valence-electron chi connectivity index (χ1n) is 5.12. The van der Waals surface area contributed by atoms with Gasteiger partial charge in [-0.3, -0.25) is 0 Å².